The Morgan fingerprint density at radius 1 is 1.62 bits per heavy atom. The molecule has 3 N–H and O–H groups in total. The second kappa shape index (κ2) is 5.96. The molecule has 0 aromatic carbocycles. The van der Waals surface area contributed by atoms with Crippen molar-refractivity contribution < 1.29 is 4.79 Å². The molecule has 4 nitrogen and oxygen atoms in total. The van der Waals surface area contributed by atoms with Gasteiger partial charge >= 0.3 is 0 Å². The number of hydrogen-bond acceptors (Lipinski definition) is 3. The fraction of sp³-hybridized carbons (Fsp3) is 0.455. The summed E-state index contributed by atoms with van der Waals surface area (Å²) < 4.78 is 0.878. The minimum absolute atomic E-state index is 0.225. The molecule has 5 heteroatoms. The molecule has 0 aliphatic rings. The first-order valence-electron chi connectivity index (χ1n) is 5.21. The zero-order valence-corrected chi connectivity index (χ0v) is 11.0. The van der Waals surface area contributed by atoms with Crippen LogP contribution in [0.4, 0.5) is 0 Å². The molecule has 1 aromatic heterocycles. The molecule has 2 atom stereocenters. The Morgan fingerprint density at radius 3 is 2.75 bits per heavy atom. The van der Waals surface area contributed by atoms with Crippen molar-refractivity contribution in [3.63, 3.8) is 0 Å². The zero-order valence-electron chi connectivity index (χ0n) is 9.40. The van der Waals surface area contributed by atoms with Crippen LogP contribution in [-0.4, -0.2) is 16.9 Å². The number of aromatic nitrogens is 1. The molecule has 1 amide bonds. The summed E-state index contributed by atoms with van der Waals surface area (Å²) in [6.45, 7) is 4.06. The Bertz CT molecular complexity index is 353. The molecule has 0 radical (unpaired) electrons. The summed E-state index contributed by atoms with van der Waals surface area (Å²) in [5.41, 5.74) is 6.01. The molecule has 0 bridgehead atoms. The summed E-state index contributed by atoms with van der Waals surface area (Å²) in [6, 6.07) is 3.33. The van der Waals surface area contributed by atoms with E-state index in [9.17, 15) is 4.79 Å². The number of halogens is 1. The standard InChI is InChI=1S/C11H16BrN3O/c1-3-7(2)15-10(11(13)16)9-5-4-8(12)6-14-9/h4-7,10,15H,3H2,1-2H3,(H2,13,16). The number of nitrogens with two attached hydrogens (primary N) is 1. The Morgan fingerprint density at radius 2 is 2.31 bits per heavy atom. The van der Waals surface area contributed by atoms with E-state index in [0.717, 1.165) is 10.9 Å². The monoisotopic (exact) mass is 285 g/mol. The number of carbonyl (C=O) groups excluding carboxylic acids is 1. The third-order valence-electron chi connectivity index (χ3n) is 2.39. The van der Waals surface area contributed by atoms with Gasteiger partial charge in [-0.15, -0.1) is 0 Å². The van der Waals surface area contributed by atoms with Crippen LogP contribution in [0.5, 0.6) is 0 Å². The maximum atomic E-state index is 11.3. The van der Waals surface area contributed by atoms with Gasteiger partial charge in [0.2, 0.25) is 5.91 Å². The van der Waals surface area contributed by atoms with Crippen LogP contribution in [0.25, 0.3) is 0 Å². The molecule has 1 aromatic rings. The molecule has 0 aliphatic carbocycles. The van der Waals surface area contributed by atoms with E-state index in [4.69, 9.17) is 5.73 Å². The van der Waals surface area contributed by atoms with E-state index >= 15 is 0 Å². The van der Waals surface area contributed by atoms with Crippen molar-refractivity contribution in [2.75, 3.05) is 0 Å². The predicted octanol–water partition coefficient (Wildman–Crippen LogP) is 1.76. The number of nitrogens with one attached hydrogen (secondary N) is 1. The lowest BCUT2D eigenvalue weighted by molar-refractivity contribution is -0.120. The van der Waals surface area contributed by atoms with Crippen molar-refractivity contribution in [2.24, 2.45) is 5.73 Å². The summed E-state index contributed by atoms with van der Waals surface area (Å²) in [5, 5.41) is 3.15. The Labute approximate surface area is 104 Å². The number of carbonyl (C=O) groups is 1. The van der Waals surface area contributed by atoms with Crippen molar-refractivity contribution >= 4 is 21.8 Å². The zero-order chi connectivity index (χ0) is 12.1. The minimum Gasteiger partial charge on any atom is -0.368 e. The number of rotatable bonds is 5. The third kappa shape index (κ3) is 3.57. The number of primary amides is 1. The van der Waals surface area contributed by atoms with Crippen molar-refractivity contribution in [1.29, 1.82) is 0 Å². The van der Waals surface area contributed by atoms with E-state index < -0.39 is 11.9 Å². The number of nitrogens with zero attached hydrogens (tertiary/aromatic N) is 1. The molecule has 0 aliphatic heterocycles. The molecule has 0 saturated carbocycles. The Kier molecular flexibility index (Phi) is 4.89. The normalized spacial score (nSPS) is 14.4. The highest BCUT2D eigenvalue weighted by atomic mass is 79.9. The van der Waals surface area contributed by atoms with Gasteiger partial charge in [0.1, 0.15) is 6.04 Å². The van der Waals surface area contributed by atoms with Crippen LogP contribution in [0, 0.1) is 0 Å². The second-order valence-electron chi connectivity index (χ2n) is 3.71. The van der Waals surface area contributed by atoms with Gasteiger partial charge in [0, 0.05) is 16.7 Å². The quantitative estimate of drug-likeness (QED) is 0.866. The average molecular weight is 286 g/mol. The van der Waals surface area contributed by atoms with Crippen LogP contribution in [0.3, 0.4) is 0 Å². The van der Waals surface area contributed by atoms with Gasteiger partial charge in [-0.2, -0.15) is 0 Å². The van der Waals surface area contributed by atoms with Crippen molar-refractivity contribution in [3.8, 4) is 0 Å². The highest BCUT2D eigenvalue weighted by Gasteiger charge is 2.20. The highest BCUT2D eigenvalue weighted by molar-refractivity contribution is 9.10. The van der Waals surface area contributed by atoms with E-state index in [0.29, 0.717) is 5.69 Å². The molecular formula is C11H16BrN3O. The molecule has 16 heavy (non-hydrogen) atoms. The van der Waals surface area contributed by atoms with Gasteiger partial charge in [-0.05, 0) is 41.4 Å². The van der Waals surface area contributed by atoms with Gasteiger partial charge in [-0.3, -0.25) is 15.1 Å². The van der Waals surface area contributed by atoms with Crippen LogP contribution < -0.4 is 11.1 Å². The first-order valence-corrected chi connectivity index (χ1v) is 6.00. The first kappa shape index (κ1) is 13.1. The van der Waals surface area contributed by atoms with Crippen LogP contribution in [0.2, 0.25) is 0 Å². The number of pyridine rings is 1. The highest BCUT2D eigenvalue weighted by Crippen LogP contribution is 2.14. The Balaban J connectivity index is 2.85. The van der Waals surface area contributed by atoms with E-state index in [1.165, 1.54) is 0 Å². The maximum Gasteiger partial charge on any atom is 0.240 e. The topological polar surface area (TPSA) is 68.0 Å². The molecular weight excluding hydrogens is 270 g/mol. The SMILES string of the molecule is CCC(C)NC(C(N)=O)c1ccc(Br)cn1. The largest absolute Gasteiger partial charge is 0.368 e. The van der Waals surface area contributed by atoms with Crippen LogP contribution in [0.1, 0.15) is 32.0 Å². The molecule has 0 spiro atoms. The first-order chi connectivity index (χ1) is 7.54. The molecule has 2 unspecified atom stereocenters. The minimum atomic E-state index is -0.525. The van der Waals surface area contributed by atoms with E-state index in [-0.39, 0.29) is 6.04 Å². The summed E-state index contributed by atoms with van der Waals surface area (Å²) in [4.78, 5) is 15.5. The molecule has 0 fully saturated rings. The van der Waals surface area contributed by atoms with E-state index in [1.807, 2.05) is 19.9 Å². The number of hydrogen-bond donors (Lipinski definition) is 2. The lowest BCUT2D eigenvalue weighted by Crippen LogP contribution is -2.38. The summed E-state index contributed by atoms with van der Waals surface area (Å²) in [7, 11) is 0. The van der Waals surface area contributed by atoms with Crippen molar-refractivity contribution in [2.45, 2.75) is 32.4 Å². The third-order valence-corrected chi connectivity index (χ3v) is 2.86. The number of amides is 1. The molecule has 0 saturated heterocycles. The fourth-order valence-corrected chi connectivity index (χ4v) is 1.51. The van der Waals surface area contributed by atoms with Gasteiger partial charge in [0.25, 0.3) is 0 Å². The van der Waals surface area contributed by atoms with Gasteiger partial charge in [-0.25, -0.2) is 0 Å². The molecule has 1 heterocycles. The Hall–Kier alpha value is -0.940. The van der Waals surface area contributed by atoms with Gasteiger partial charge in [0.15, 0.2) is 0 Å². The van der Waals surface area contributed by atoms with E-state index in [2.05, 4.69) is 26.2 Å². The lowest BCUT2D eigenvalue weighted by atomic mass is 10.1. The van der Waals surface area contributed by atoms with Gasteiger partial charge in [0.05, 0.1) is 5.69 Å². The molecule has 88 valence electrons. The van der Waals surface area contributed by atoms with Gasteiger partial charge < -0.3 is 5.73 Å². The van der Waals surface area contributed by atoms with Gasteiger partial charge in [-0.1, -0.05) is 6.92 Å². The lowest BCUT2D eigenvalue weighted by Gasteiger charge is -2.19. The fourth-order valence-electron chi connectivity index (χ4n) is 1.27. The summed E-state index contributed by atoms with van der Waals surface area (Å²) in [6.07, 6.45) is 2.59. The van der Waals surface area contributed by atoms with Crippen LogP contribution in [-0.2, 0) is 4.79 Å². The summed E-state index contributed by atoms with van der Waals surface area (Å²) >= 11 is 3.30. The predicted molar refractivity (Wildman–Crippen MR) is 66.8 cm³/mol. The van der Waals surface area contributed by atoms with E-state index in [1.54, 1.807) is 12.3 Å². The summed E-state index contributed by atoms with van der Waals surface area (Å²) in [5.74, 6) is -0.407. The van der Waals surface area contributed by atoms with Crippen molar-refractivity contribution in [1.82, 2.24) is 10.3 Å². The average Bonchev–Trinajstić information content (AvgIpc) is 2.26. The molecule has 1 rings (SSSR count). The maximum absolute atomic E-state index is 11.3. The second-order valence-corrected chi connectivity index (χ2v) is 4.63. The van der Waals surface area contributed by atoms with Crippen LogP contribution in [0.15, 0.2) is 22.8 Å². The van der Waals surface area contributed by atoms with Crippen LogP contribution >= 0.6 is 15.9 Å². The van der Waals surface area contributed by atoms with Crippen molar-refractivity contribution in [3.05, 3.63) is 28.5 Å². The smallest absolute Gasteiger partial charge is 0.240 e.